The maximum atomic E-state index is 5.24. The van der Waals surface area contributed by atoms with Gasteiger partial charge in [-0.15, -0.1) is 0 Å². The van der Waals surface area contributed by atoms with Gasteiger partial charge in [0.2, 0.25) is 0 Å². The second kappa shape index (κ2) is 7.49. The molecular formula is C19H27N3O+2. The molecule has 122 valence electrons. The van der Waals surface area contributed by atoms with Gasteiger partial charge in [-0.05, 0) is 24.3 Å². The lowest BCUT2D eigenvalue weighted by atomic mass is 10.0. The van der Waals surface area contributed by atoms with Gasteiger partial charge in [-0.25, -0.2) is 0 Å². The van der Waals surface area contributed by atoms with Gasteiger partial charge in [0, 0.05) is 11.3 Å². The molecule has 23 heavy (non-hydrogen) atoms. The fraction of sp³-hybridized carbons (Fsp3) is 0.368. The number of ether oxygens (including phenoxy) is 1. The zero-order valence-electron chi connectivity index (χ0n) is 13.9. The van der Waals surface area contributed by atoms with Gasteiger partial charge in [-0.2, -0.15) is 0 Å². The first-order chi connectivity index (χ1) is 11.3. The number of nitrogens with one attached hydrogen (secondary N) is 1. The van der Waals surface area contributed by atoms with Crippen LogP contribution in [-0.4, -0.2) is 39.8 Å². The molecule has 2 aromatic rings. The van der Waals surface area contributed by atoms with E-state index < -0.39 is 0 Å². The van der Waals surface area contributed by atoms with Gasteiger partial charge in [0.15, 0.2) is 6.04 Å². The maximum absolute atomic E-state index is 5.24. The highest BCUT2D eigenvalue weighted by molar-refractivity contribution is 5.49. The van der Waals surface area contributed by atoms with Crippen molar-refractivity contribution in [3.8, 4) is 5.75 Å². The van der Waals surface area contributed by atoms with Crippen molar-refractivity contribution >= 4 is 5.69 Å². The molecule has 0 aliphatic carbocycles. The molecule has 4 heteroatoms. The summed E-state index contributed by atoms with van der Waals surface area (Å²) in [6.45, 7) is 5.43. The lowest BCUT2D eigenvalue weighted by Crippen LogP contribution is -3.16. The van der Waals surface area contributed by atoms with Crippen LogP contribution < -0.4 is 20.3 Å². The maximum Gasteiger partial charge on any atom is 0.163 e. The molecule has 0 unspecified atom stereocenters. The van der Waals surface area contributed by atoms with E-state index in [0.29, 0.717) is 6.04 Å². The lowest BCUT2D eigenvalue weighted by Gasteiger charge is -2.36. The number of rotatable bonds is 5. The molecule has 1 heterocycles. The highest BCUT2D eigenvalue weighted by Crippen LogP contribution is 2.19. The zero-order chi connectivity index (χ0) is 16.1. The standard InChI is InChI=1S/C19H25N3O/c1-23-18-9-7-17(8-10-18)21-11-13-22(14-12-21)19(15-20)16-5-3-2-4-6-16/h2-10,19H,11-15,20H2,1H3/p+2/t19-/m0/s1. The van der Waals surface area contributed by atoms with E-state index in [1.807, 2.05) is 12.1 Å². The minimum atomic E-state index is 0.509. The molecule has 1 saturated heterocycles. The average Bonchev–Trinajstić information content (AvgIpc) is 2.64. The minimum Gasteiger partial charge on any atom is -0.497 e. The van der Waals surface area contributed by atoms with E-state index in [1.165, 1.54) is 11.3 Å². The lowest BCUT2D eigenvalue weighted by molar-refractivity contribution is -0.938. The monoisotopic (exact) mass is 313 g/mol. The Balaban J connectivity index is 1.63. The van der Waals surface area contributed by atoms with Crippen molar-refractivity contribution < 1.29 is 15.4 Å². The Morgan fingerprint density at radius 2 is 1.70 bits per heavy atom. The fourth-order valence-electron chi connectivity index (χ4n) is 3.49. The third-order valence-corrected chi connectivity index (χ3v) is 4.83. The van der Waals surface area contributed by atoms with Gasteiger partial charge in [0.25, 0.3) is 0 Å². The Bertz CT molecular complexity index is 592. The summed E-state index contributed by atoms with van der Waals surface area (Å²) in [6.07, 6.45) is 0. The predicted octanol–water partition coefficient (Wildman–Crippen LogP) is 0.383. The van der Waals surface area contributed by atoms with Crippen molar-refractivity contribution in [2.45, 2.75) is 6.04 Å². The van der Waals surface area contributed by atoms with E-state index in [0.717, 1.165) is 38.5 Å². The van der Waals surface area contributed by atoms with E-state index in [-0.39, 0.29) is 0 Å². The van der Waals surface area contributed by atoms with Crippen LogP contribution in [0, 0.1) is 0 Å². The molecule has 1 aliphatic heterocycles. The van der Waals surface area contributed by atoms with Crippen LogP contribution in [0.3, 0.4) is 0 Å². The molecule has 0 aromatic heterocycles. The van der Waals surface area contributed by atoms with Crippen LogP contribution in [-0.2, 0) is 0 Å². The largest absolute Gasteiger partial charge is 0.497 e. The van der Waals surface area contributed by atoms with Gasteiger partial charge in [0.05, 0.1) is 33.3 Å². The van der Waals surface area contributed by atoms with Crippen LogP contribution >= 0.6 is 0 Å². The Morgan fingerprint density at radius 1 is 1.04 bits per heavy atom. The number of anilines is 1. The van der Waals surface area contributed by atoms with Gasteiger partial charge in [0.1, 0.15) is 12.3 Å². The van der Waals surface area contributed by atoms with Gasteiger partial charge < -0.3 is 20.3 Å². The SMILES string of the molecule is COc1ccc(N2CC[NH+]([C@@H](C[NH3+])c3ccccc3)CC2)cc1. The van der Waals surface area contributed by atoms with Crippen molar-refractivity contribution in [3.63, 3.8) is 0 Å². The normalized spacial score (nSPS) is 17.0. The van der Waals surface area contributed by atoms with Crippen molar-refractivity contribution in [1.29, 1.82) is 0 Å². The van der Waals surface area contributed by atoms with Crippen molar-refractivity contribution in [1.82, 2.24) is 0 Å². The van der Waals surface area contributed by atoms with Crippen LogP contribution in [0.1, 0.15) is 11.6 Å². The Morgan fingerprint density at radius 3 is 2.26 bits per heavy atom. The molecule has 4 N–H and O–H groups in total. The number of methoxy groups -OCH3 is 1. The first-order valence-corrected chi connectivity index (χ1v) is 8.39. The van der Waals surface area contributed by atoms with Crippen molar-refractivity contribution in [3.05, 3.63) is 60.2 Å². The molecular weight excluding hydrogens is 286 g/mol. The number of nitrogens with zero attached hydrogens (tertiary/aromatic N) is 1. The number of quaternary nitrogens is 2. The number of benzene rings is 2. The summed E-state index contributed by atoms with van der Waals surface area (Å²) in [4.78, 5) is 4.12. The molecule has 0 amide bonds. The second-order valence-electron chi connectivity index (χ2n) is 6.10. The second-order valence-corrected chi connectivity index (χ2v) is 6.10. The molecule has 3 rings (SSSR count). The van der Waals surface area contributed by atoms with Gasteiger partial charge >= 0.3 is 0 Å². The highest BCUT2D eigenvalue weighted by atomic mass is 16.5. The average molecular weight is 313 g/mol. The van der Waals surface area contributed by atoms with Gasteiger partial charge in [-0.3, -0.25) is 0 Å². The zero-order valence-corrected chi connectivity index (χ0v) is 13.9. The molecule has 0 radical (unpaired) electrons. The first kappa shape index (κ1) is 15.8. The third kappa shape index (κ3) is 3.66. The highest BCUT2D eigenvalue weighted by Gasteiger charge is 2.28. The van der Waals surface area contributed by atoms with E-state index >= 15 is 0 Å². The van der Waals surface area contributed by atoms with Crippen LogP contribution in [0.25, 0.3) is 0 Å². The third-order valence-electron chi connectivity index (χ3n) is 4.83. The molecule has 4 nitrogen and oxygen atoms in total. The number of hydrogen-bond acceptors (Lipinski definition) is 2. The molecule has 0 saturated carbocycles. The summed E-state index contributed by atoms with van der Waals surface area (Å²) in [6, 6.07) is 19.7. The van der Waals surface area contributed by atoms with E-state index in [2.05, 4.69) is 53.1 Å². The summed E-state index contributed by atoms with van der Waals surface area (Å²) in [5, 5.41) is 0. The summed E-state index contributed by atoms with van der Waals surface area (Å²) in [5.41, 5.74) is 6.89. The quantitative estimate of drug-likeness (QED) is 0.838. The molecule has 0 bridgehead atoms. The summed E-state index contributed by atoms with van der Waals surface area (Å²) < 4.78 is 5.24. The fourth-order valence-corrected chi connectivity index (χ4v) is 3.49. The number of piperazine rings is 1. The smallest absolute Gasteiger partial charge is 0.163 e. The Hall–Kier alpha value is -2.04. The summed E-state index contributed by atoms with van der Waals surface area (Å²) >= 11 is 0. The molecule has 0 spiro atoms. The van der Waals surface area contributed by atoms with Crippen LogP contribution in [0.2, 0.25) is 0 Å². The van der Waals surface area contributed by atoms with E-state index in [4.69, 9.17) is 4.74 Å². The Labute approximate surface area is 138 Å². The van der Waals surface area contributed by atoms with Crippen LogP contribution in [0.4, 0.5) is 5.69 Å². The van der Waals surface area contributed by atoms with E-state index in [1.54, 1.807) is 12.0 Å². The molecule has 1 fully saturated rings. The molecule has 2 aromatic carbocycles. The van der Waals surface area contributed by atoms with Crippen molar-refractivity contribution in [2.24, 2.45) is 0 Å². The minimum absolute atomic E-state index is 0.509. The van der Waals surface area contributed by atoms with Crippen LogP contribution in [0.5, 0.6) is 5.75 Å². The topological polar surface area (TPSA) is 44.5 Å². The first-order valence-electron chi connectivity index (χ1n) is 8.39. The van der Waals surface area contributed by atoms with E-state index in [9.17, 15) is 0 Å². The van der Waals surface area contributed by atoms with Crippen molar-refractivity contribution in [2.75, 3.05) is 44.7 Å². The van der Waals surface area contributed by atoms with Crippen LogP contribution in [0.15, 0.2) is 54.6 Å². The summed E-state index contributed by atoms with van der Waals surface area (Å²) in [5.74, 6) is 0.916. The Kier molecular flexibility index (Phi) is 5.16. The summed E-state index contributed by atoms with van der Waals surface area (Å²) in [7, 11) is 1.71. The number of hydrogen-bond donors (Lipinski definition) is 2. The molecule has 1 atom stereocenters. The van der Waals surface area contributed by atoms with Gasteiger partial charge in [-0.1, -0.05) is 30.3 Å². The predicted molar refractivity (Wildman–Crippen MR) is 92.8 cm³/mol. The molecule has 1 aliphatic rings.